The van der Waals surface area contributed by atoms with E-state index in [9.17, 15) is 14.0 Å². The maximum absolute atomic E-state index is 13.9. The van der Waals surface area contributed by atoms with Gasteiger partial charge in [0.1, 0.15) is 11.6 Å². The lowest BCUT2D eigenvalue weighted by molar-refractivity contribution is -0.116. The topological polar surface area (TPSA) is 93.3 Å². The molecular formula is C23H22FN3O4S. The summed E-state index contributed by atoms with van der Waals surface area (Å²) in [5, 5.41) is 3.01. The number of carbonyl (C=O) groups excluding carboxylic acids is 1. The van der Waals surface area contributed by atoms with Crippen LogP contribution in [0.5, 0.6) is 11.5 Å². The van der Waals surface area contributed by atoms with Gasteiger partial charge in [0, 0.05) is 18.1 Å². The summed E-state index contributed by atoms with van der Waals surface area (Å²) in [6.45, 7) is 2.32. The zero-order chi connectivity index (χ0) is 22.7. The number of carbonyl (C=O) groups is 1. The molecule has 0 bridgehead atoms. The highest BCUT2D eigenvalue weighted by Gasteiger charge is 2.31. The normalized spacial score (nSPS) is 15.1. The Kier molecular flexibility index (Phi) is 6.45. The van der Waals surface area contributed by atoms with E-state index in [1.807, 2.05) is 13.0 Å². The molecule has 0 radical (unpaired) electrons. The largest absolute Gasteiger partial charge is 0.493 e. The van der Waals surface area contributed by atoms with Crippen LogP contribution < -0.4 is 20.3 Å². The molecule has 4 rings (SSSR count). The van der Waals surface area contributed by atoms with Gasteiger partial charge in [-0.05, 0) is 36.2 Å². The third kappa shape index (κ3) is 4.47. The number of rotatable bonds is 7. The van der Waals surface area contributed by atoms with Gasteiger partial charge in [-0.1, -0.05) is 36.0 Å². The number of thioether (sulfide) groups is 1. The molecule has 0 aliphatic carbocycles. The molecule has 0 saturated heterocycles. The van der Waals surface area contributed by atoms with Gasteiger partial charge in [-0.2, -0.15) is 0 Å². The molecule has 1 aromatic heterocycles. The van der Waals surface area contributed by atoms with Crippen molar-refractivity contribution in [3.8, 4) is 11.5 Å². The molecule has 0 fully saturated rings. The van der Waals surface area contributed by atoms with Crippen molar-refractivity contribution in [1.29, 1.82) is 0 Å². The average molecular weight is 456 g/mol. The molecule has 0 saturated carbocycles. The van der Waals surface area contributed by atoms with Crippen LogP contribution in [0.4, 0.5) is 10.2 Å². The van der Waals surface area contributed by atoms with Gasteiger partial charge in [0.2, 0.25) is 5.91 Å². The Hall–Kier alpha value is -3.33. The summed E-state index contributed by atoms with van der Waals surface area (Å²) in [6, 6.07) is 11.8. The first-order valence-corrected chi connectivity index (χ1v) is 11.1. The van der Waals surface area contributed by atoms with E-state index >= 15 is 0 Å². The fourth-order valence-electron chi connectivity index (χ4n) is 3.64. The highest BCUT2D eigenvalue weighted by Crippen LogP contribution is 2.38. The summed E-state index contributed by atoms with van der Waals surface area (Å²) in [5.41, 5.74) is 1.29. The Labute approximate surface area is 188 Å². The second-order valence-electron chi connectivity index (χ2n) is 7.16. The minimum absolute atomic E-state index is 0.109. The number of aromatic amines is 1. The first-order valence-electron chi connectivity index (χ1n) is 10.1. The number of nitrogens with one attached hydrogen (secondary N) is 2. The number of ether oxygens (including phenoxy) is 2. The Morgan fingerprint density at radius 2 is 2.00 bits per heavy atom. The van der Waals surface area contributed by atoms with E-state index < -0.39 is 5.92 Å². The molecule has 166 valence electrons. The summed E-state index contributed by atoms with van der Waals surface area (Å²) in [7, 11) is 1.55. The van der Waals surface area contributed by atoms with Crippen LogP contribution in [0.15, 0.2) is 52.4 Å². The minimum atomic E-state index is -0.481. The summed E-state index contributed by atoms with van der Waals surface area (Å²) in [4.78, 5) is 32.6. The number of benzene rings is 2. The number of methoxy groups -OCH3 is 1. The number of anilines is 1. The second kappa shape index (κ2) is 9.44. The molecule has 1 aliphatic rings. The van der Waals surface area contributed by atoms with Crippen molar-refractivity contribution >= 4 is 23.5 Å². The lowest BCUT2D eigenvalue weighted by Crippen LogP contribution is -2.31. The zero-order valence-electron chi connectivity index (χ0n) is 17.6. The fourth-order valence-corrected chi connectivity index (χ4v) is 4.49. The second-order valence-corrected chi connectivity index (χ2v) is 8.13. The van der Waals surface area contributed by atoms with Crippen LogP contribution in [0.3, 0.4) is 0 Å². The quantitative estimate of drug-likeness (QED) is 0.412. The van der Waals surface area contributed by atoms with Gasteiger partial charge in [0.05, 0.1) is 19.3 Å². The Morgan fingerprint density at radius 3 is 2.75 bits per heavy atom. The molecule has 7 nitrogen and oxygen atoms in total. The van der Waals surface area contributed by atoms with Crippen LogP contribution in [-0.4, -0.2) is 29.6 Å². The molecule has 1 aliphatic heterocycles. The van der Waals surface area contributed by atoms with Gasteiger partial charge in [-0.15, -0.1) is 0 Å². The third-order valence-corrected chi connectivity index (χ3v) is 6.06. The number of halogens is 1. The van der Waals surface area contributed by atoms with E-state index in [1.54, 1.807) is 37.4 Å². The van der Waals surface area contributed by atoms with Crippen molar-refractivity contribution in [2.75, 3.05) is 19.0 Å². The molecule has 2 N–H and O–H groups in total. The predicted molar refractivity (Wildman–Crippen MR) is 120 cm³/mol. The average Bonchev–Trinajstić information content (AvgIpc) is 2.78. The Bertz CT molecular complexity index is 1210. The van der Waals surface area contributed by atoms with Crippen LogP contribution >= 0.6 is 11.8 Å². The molecule has 1 atom stereocenters. The standard InChI is InChI=1S/C23H22FN3O4S/c1-3-31-18-10-13(8-9-17(18)30-2)15-11-19(28)25-21-20(15)22(29)27-23(26-21)32-12-14-6-4-5-7-16(14)24/h4-10,15H,3,11-12H2,1-2H3,(H2,25,26,27,28,29)/t15-/m1/s1. The Morgan fingerprint density at radius 1 is 1.19 bits per heavy atom. The lowest BCUT2D eigenvalue weighted by Gasteiger charge is -2.25. The maximum atomic E-state index is 13.9. The van der Waals surface area contributed by atoms with E-state index in [0.717, 1.165) is 5.56 Å². The van der Waals surface area contributed by atoms with Crippen molar-refractivity contribution in [2.45, 2.75) is 30.2 Å². The molecule has 2 aromatic carbocycles. The van der Waals surface area contributed by atoms with Crippen LogP contribution in [0, 0.1) is 5.82 Å². The summed E-state index contributed by atoms with van der Waals surface area (Å²) < 4.78 is 24.9. The number of nitrogens with zero attached hydrogens (tertiary/aromatic N) is 1. The number of amides is 1. The molecule has 0 unspecified atom stereocenters. The molecule has 2 heterocycles. The monoisotopic (exact) mass is 455 g/mol. The highest BCUT2D eigenvalue weighted by molar-refractivity contribution is 7.98. The van der Waals surface area contributed by atoms with Gasteiger partial charge >= 0.3 is 0 Å². The molecule has 1 amide bonds. The number of hydrogen-bond donors (Lipinski definition) is 2. The highest BCUT2D eigenvalue weighted by atomic mass is 32.2. The van der Waals surface area contributed by atoms with Gasteiger partial charge in [0.15, 0.2) is 16.7 Å². The maximum Gasteiger partial charge on any atom is 0.257 e. The van der Waals surface area contributed by atoms with Crippen molar-refractivity contribution < 1.29 is 18.7 Å². The summed E-state index contributed by atoms with van der Waals surface area (Å²) in [6.07, 6.45) is 0.109. The molecular weight excluding hydrogens is 433 g/mol. The van der Waals surface area contributed by atoms with Crippen molar-refractivity contribution in [3.05, 3.63) is 75.3 Å². The van der Waals surface area contributed by atoms with E-state index in [2.05, 4.69) is 15.3 Å². The summed E-state index contributed by atoms with van der Waals surface area (Å²) >= 11 is 1.19. The van der Waals surface area contributed by atoms with E-state index in [1.165, 1.54) is 17.8 Å². The van der Waals surface area contributed by atoms with Crippen molar-refractivity contribution in [3.63, 3.8) is 0 Å². The van der Waals surface area contributed by atoms with Crippen molar-refractivity contribution in [2.24, 2.45) is 0 Å². The van der Waals surface area contributed by atoms with Gasteiger partial charge in [0.25, 0.3) is 5.56 Å². The van der Waals surface area contributed by atoms with E-state index in [-0.39, 0.29) is 29.5 Å². The number of aromatic nitrogens is 2. The Balaban J connectivity index is 1.67. The number of hydrogen-bond acceptors (Lipinski definition) is 6. The van der Waals surface area contributed by atoms with Crippen LogP contribution in [-0.2, 0) is 10.5 Å². The molecule has 9 heteroatoms. The predicted octanol–water partition coefficient (Wildman–Crippen LogP) is 4.08. The van der Waals surface area contributed by atoms with Crippen LogP contribution in [0.2, 0.25) is 0 Å². The van der Waals surface area contributed by atoms with Crippen molar-refractivity contribution in [1.82, 2.24) is 9.97 Å². The molecule has 32 heavy (non-hydrogen) atoms. The minimum Gasteiger partial charge on any atom is -0.493 e. The zero-order valence-corrected chi connectivity index (χ0v) is 18.4. The van der Waals surface area contributed by atoms with Gasteiger partial charge < -0.3 is 19.8 Å². The van der Waals surface area contributed by atoms with Crippen LogP contribution in [0.25, 0.3) is 0 Å². The van der Waals surface area contributed by atoms with Crippen LogP contribution in [0.1, 0.15) is 36.0 Å². The lowest BCUT2D eigenvalue weighted by atomic mass is 9.86. The first kappa shape index (κ1) is 21.9. The molecule has 0 spiro atoms. The summed E-state index contributed by atoms with van der Waals surface area (Å²) in [5.74, 6) is 0.592. The van der Waals surface area contributed by atoms with Gasteiger partial charge in [-0.25, -0.2) is 9.37 Å². The SMILES string of the molecule is CCOc1cc([C@H]2CC(=O)Nc3nc(SCc4ccccc4F)[nH]c(=O)c32)ccc1OC. The number of H-pyrrole nitrogens is 1. The third-order valence-electron chi connectivity index (χ3n) is 5.14. The fraction of sp³-hybridized carbons (Fsp3) is 0.261. The van der Waals surface area contributed by atoms with E-state index in [4.69, 9.17) is 9.47 Å². The van der Waals surface area contributed by atoms with E-state index in [0.29, 0.717) is 40.1 Å². The molecule has 3 aromatic rings. The smallest absolute Gasteiger partial charge is 0.257 e. The number of fused-ring (bicyclic) bond motifs is 1. The van der Waals surface area contributed by atoms with Gasteiger partial charge in [-0.3, -0.25) is 9.59 Å². The first-order chi connectivity index (χ1) is 15.5.